The highest BCUT2D eigenvalue weighted by Gasteiger charge is 2.40. The van der Waals surface area contributed by atoms with Crippen LogP contribution in [0.3, 0.4) is 0 Å². The average molecular weight is 222 g/mol. The fraction of sp³-hybridized carbons (Fsp3) is 0.800. The fourth-order valence-corrected chi connectivity index (χ4v) is 0.466. The second-order valence-electron chi connectivity index (χ2n) is 2.29. The van der Waals surface area contributed by atoms with Gasteiger partial charge in [-0.1, -0.05) is 0 Å². The number of hydrazine groups is 1. The van der Waals surface area contributed by atoms with Crippen molar-refractivity contribution >= 4 is 5.91 Å². The van der Waals surface area contributed by atoms with Gasteiger partial charge < -0.3 is 4.74 Å². The topological polar surface area (TPSA) is 64.3 Å². The van der Waals surface area contributed by atoms with Crippen molar-refractivity contribution in [2.45, 2.75) is 12.1 Å². The van der Waals surface area contributed by atoms with E-state index in [1.807, 2.05) is 0 Å². The van der Waals surface area contributed by atoms with E-state index in [0.717, 1.165) is 5.43 Å². The number of nitrogens with one attached hydrogen (secondary N) is 1. The van der Waals surface area contributed by atoms with Crippen LogP contribution >= 0.6 is 0 Å². The van der Waals surface area contributed by atoms with Crippen LogP contribution in [0, 0.1) is 0 Å². The van der Waals surface area contributed by atoms with E-state index in [4.69, 9.17) is 0 Å². The Balaban J connectivity index is 3.94. The molecule has 0 saturated heterocycles. The molecular formula is C5H7F5N2O2. The minimum Gasteiger partial charge on any atom is -0.365 e. The third-order valence-corrected chi connectivity index (χ3v) is 1.01. The Morgan fingerprint density at radius 1 is 1.21 bits per heavy atom. The van der Waals surface area contributed by atoms with E-state index in [0.29, 0.717) is 0 Å². The van der Waals surface area contributed by atoms with Crippen LogP contribution in [0.5, 0.6) is 0 Å². The lowest BCUT2D eigenvalue weighted by atomic mass is 10.3. The van der Waals surface area contributed by atoms with Crippen LogP contribution in [-0.2, 0) is 9.53 Å². The van der Waals surface area contributed by atoms with Gasteiger partial charge in [-0.15, -0.1) is 0 Å². The first-order valence-corrected chi connectivity index (χ1v) is 3.22. The van der Waals surface area contributed by atoms with E-state index < -0.39 is 31.2 Å². The highest BCUT2D eigenvalue weighted by molar-refractivity contribution is 5.82. The van der Waals surface area contributed by atoms with E-state index in [1.54, 1.807) is 0 Å². The molecule has 0 aliphatic heterocycles. The second kappa shape index (κ2) is 4.51. The maximum atomic E-state index is 12.4. The zero-order chi connectivity index (χ0) is 11.4. The molecule has 14 heavy (non-hydrogen) atoms. The SMILES string of the molecule is NNC(=O)C(F)(F)COCC(F)(F)F. The summed E-state index contributed by atoms with van der Waals surface area (Å²) in [5.41, 5.74) is 1.10. The number of hydrogen-bond acceptors (Lipinski definition) is 3. The van der Waals surface area contributed by atoms with Crippen molar-refractivity contribution in [2.75, 3.05) is 13.2 Å². The number of alkyl halides is 5. The number of hydrogen-bond donors (Lipinski definition) is 2. The van der Waals surface area contributed by atoms with E-state index >= 15 is 0 Å². The van der Waals surface area contributed by atoms with Crippen molar-refractivity contribution in [3.63, 3.8) is 0 Å². The largest absolute Gasteiger partial charge is 0.411 e. The summed E-state index contributed by atoms with van der Waals surface area (Å²) in [6, 6.07) is 0. The van der Waals surface area contributed by atoms with Gasteiger partial charge in [0.25, 0.3) is 0 Å². The monoisotopic (exact) mass is 222 g/mol. The van der Waals surface area contributed by atoms with Crippen molar-refractivity contribution in [3.05, 3.63) is 0 Å². The van der Waals surface area contributed by atoms with Gasteiger partial charge >= 0.3 is 18.0 Å². The molecule has 0 heterocycles. The van der Waals surface area contributed by atoms with E-state index in [1.165, 1.54) is 0 Å². The molecule has 0 unspecified atom stereocenters. The van der Waals surface area contributed by atoms with Gasteiger partial charge in [-0.2, -0.15) is 22.0 Å². The Bertz CT molecular complexity index is 205. The van der Waals surface area contributed by atoms with Gasteiger partial charge in [0.2, 0.25) is 0 Å². The second-order valence-corrected chi connectivity index (χ2v) is 2.29. The van der Waals surface area contributed by atoms with Crippen LogP contribution in [0.4, 0.5) is 22.0 Å². The summed E-state index contributed by atoms with van der Waals surface area (Å²) < 4.78 is 62.7. The third kappa shape index (κ3) is 4.92. The quantitative estimate of drug-likeness (QED) is 0.309. The Hall–Kier alpha value is -0.960. The number of carbonyl (C=O) groups excluding carboxylic acids is 1. The van der Waals surface area contributed by atoms with Gasteiger partial charge in [-0.25, -0.2) is 5.84 Å². The molecule has 0 bridgehead atoms. The zero-order valence-electron chi connectivity index (χ0n) is 6.70. The highest BCUT2D eigenvalue weighted by atomic mass is 19.4. The van der Waals surface area contributed by atoms with Crippen molar-refractivity contribution < 1.29 is 31.5 Å². The van der Waals surface area contributed by atoms with Gasteiger partial charge in [0, 0.05) is 0 Å². The molecule has 0 aromatic rings. The van der Waals surface area contributed by atoms with E-state index in [-0.39, 0.29) is 0 Å². The number of halogens is 5. The molecule has 0 radical (unpaired) electrons. The summed E-state index contributed by atoms with van der Waals surface area (Å²) in [7, 11) is 0. The Labute approximate surface area is 75.2 Å². The smallest absolute Gasteiger partial charge is 0.365 e. The zero-order valence-corrected chi connectivity index (χ0v) is 6.70. The van der Waals surface area contributed by atoms with Crippen LogP contribution in [0.15, 0.2) is 0 Å². The van der Waals surface area contributed by atoms with E-state index in [9.17, 15) is 26.7 Å². The van der Waals surface area contributed by atoms with Crippen LogP contribution in [0.1, 0.15) is 0 Å². The lowest BCUT2D eigenvalue weighted by Crippen LogP contribution is -2.46. The number of amides is 1. The van der Waals surface area contributed by atoms with Crippen molar-refractivity contribution in [1.82, 2.24) is 5.43 Å². The molecule has 0 aromatic carbocycles. The maximum Gasteiger partial charge on any atom is 0.411 e. The highest BCUT2D eigenvalue weighted by Crippen LogP contribution is 2.18. The van der Waals surface area contributed by atoms with Crippen molar-refractivity contribution in [2.24, 2.45) is 5.84 Å². The predicted molar refractivity (Wildman–Crippen MR) is 34.2 cm³/mol. The summed E-state index contributed by atoms with van der Waals surface area (Å²) in [6.07, 6.45) is -4.71. The molecule has 0 fully saturated rings. The van der Waals surface area contributed by atoms with Gasteiger partial charge in [0.15, 0.2) is 0 Å². The molecule has 0 aromatic heterocycles. The fourth-order valence-electron chi connectivity index (χ4n) is 0.466. The number of ether oxygens (including phenoxy) is 1. The molecule has 3 N–H and O–H groups in total. The van der Waals surface area contributed by atoms with E-state index in [2.05, 4.69) is 10.6 Å². The summed E-state index contributed by atoms with van der Waals surface area (Å²) in [6.45, 7) is -3.52. The van der Waals surface area contributed by atoms with Crippen LogP contribution < -0.4 is 11.3 Å². The number of rotatable bonds is 4. The molecule has 0 rings (SSSR count). The number of nitrogens with two attached hydrogens (primary N) is 1. The molecule has 0 saturated carbocycles. The Morgan fingerprint density at radius 2 is 1.71 bits per heavy atom. The lowest BCUT2D eigenvalue weighted by molar-refractivity contribution is -0.194. The van der Waals surface area contributed by atoms with Crippen molar-refractivity contribution in [1.29, 1.82) is 0 Å². The summed E-state index contributed by atoms with van der Waals surface area (Å²) in [4.78, 5) is 10.2. The molecule has 0 aliphatic rings. The first-order valence-electron chi connectivity index (χ1n) is 3.22. The summed E-state index contributed by atoms with van der Waals surface area (Å²) in [5, 5.41) is 0. The first kappa shape index (κ1) is 13.0. The summed E-state index contributed by atoms with van der Waals surface area (Å²) in [5.74, 6) is -1.61. The van der Waals surface area contributed by atoms with Crippen molar-refractivity contribution in [3.8, 4) is 0 Å². The maximum absolute atomic E-state index is 12.4. The summed E-state index contributed by atoms with van der Waals surface area (Å²) >= 11 is 0. The molecule has 0 aliphatic carbocycles. The molecular weight excluding hydrogens is 215 g/mol. The molecule has 4 nitrogen and oxygen atoms in total. The minimum absolute atomic E-state index is 1.10. The molecule has 0 spiro atoms. The minimum atomic E-state index is -4.71. The normalized spacial score (nSPS) is 12.7. The van der Waals surface area contributed by atoms with Crippen LogP contribution in [0.25, 0.3) is 0 Å². The Kier molecular flexibility index (Phi) is 4.20. The molecule has 84 valence electrons. The van der Waals surface area contributed by atoms with Gasteiger partial charge in [-0.3, -0.25) is 10.2 Å². The molecule has 9 heteroatoms. The third-order valence-electron chi connectivity index (χ3n) is 1.01. The predicted octanol–water partition coefficient (Wildman–Crippen LogP) is 0.190. The lowest BCUT2D eigenvalue weighted by Gasteiger charge is -2.14. The first-order chi connectivity index (χ1) is 6.19. The van der Waals surface area contributed by atoms with Crippen LogP contribution in [0.2, 0.25) is 0 Å². The Morgan fingerprint density at radius 3 is 2.07 bits per heavy atom. The molecule has 1 amide bonds. The standard InChI is InChI=1S/C5H7F5N2O2/c6-4(7,3(13)12-11)1-14-2-5(8,9)10/h1-2,11H2,(H,12,13). The number of carbonyl (C=O) groups is 1. The van der Waals surface area contributed by atoms with Gasteiger partial charge in [0.1, 0.15) is 13.2 Å². The average Bonchev–Trinajstić information content (AvgIpc) is 2.00. The van der Waals surface area contributed by atoms with Gasteiger partial charge in [0.05, 0.1) is 0 Å². The van der Waals surface area contributed by atoms with Crippen LogP contribution in [-0.4, -0.2) is 31.2 Å². The van der Waals surface area contributed by atoms with Gasteiger partial charge in [-0.05, 0) is 0 Å². The molecule has 0 atom stereocenters.